The minimum absolute atomic E-state index is 0.718. The lowest BCUT2D eigenvalue weighted by atomic mass is 10.3. The summed E-state index contributed by atoms with van der Waals surface area (Å²) in [6, 6.07) is 9.85. The fraction of sp³-hybridized carbons (Fsp3) is 0.308. The Bertz CT molecular complexity index is 461. The maximum atomic E-state index is 5.80. The number of aromatic nitrogens is 1. The van der Waals surface area contributed by atoms with E-state index in [-0.39, 0.29) is 0 Å². The van der Waals surface area contributed by atoms with Crippen molar-refractivity contribution in [1.82, 2.24) is 10.3 Å². The van der Waals surface area contributed by atoms with Crippen LogP contribution in [0, 0.1) is 0 Å². The van der Waals surface area contributed by atoms with Gasteiger partial charge in [-0.15, -0.1) is 11.3 Å². The zero-order chi connectivity index (χ0) is 12.6. The average molecular weight is 283 g/mol. The average Bonchev–Trinajstić information content (AvgIpc) is 2.81. The van der Waals surface area contributed by atoms with E-state index in [1.165, 1.54) is 11.3 Å². The van der Waals surface area contributed by atoms with Gasteiger partial charge in [0.25, 0.3) is 0 Å². The van der Waals surface area contributed by atoms with Crippen molar-refractivity contribution in [3.8, 4) is 5.75 Å². The van der Waals surface area contributed by atoms with Gasteiger partial charge in [-0.05, 0) is 25.1 Å². The molecule has 2 rings (SSSR count). The number of hydrogen-bond donors (Lipinski definition) is 1. The zero-order valence-electron chi connectivity index (χ0n) is 9.93. The molecule has 18 heavy (non-hydrogen) atoms. The van der Waals surface area contributed by atoms with Crippen LogP contribution in [0.5, 0.6) is 5.75 Å². The van der Waals surface area contributed by atoms with Crippen LogP contribution in [-0.4, -0.2) is 18.1 Å². The number of ether oxygens (including phenoxy) is 1. The maximum absolute atomic E-state index is 5.80. The minimum Gasteiger partial charge on any atom is -0.494 e. The van der Waals surface area contributed by atoms with Crippen molar-refractivity contribution < 1.29 is 4.74 Å². The van der Waals surface area contributed by atoms with Crippen LogP contribution < -0.4 is 10.1 Å². The van der Waals surface area contributed by atoms with Gasteiger partial charge >= 0.3 is 0 Å². The monoisotopic (exact) mass is 282 g/mol. The van der Waals surface area contributed by atoms with Gasteiger partial charge in [0.15, 0.2) is 0 Å². The molecule has 1 heterocycles. The van der Waals surface area contributed by atoms with E-state index < -0.39 is 0 Å². The summed E-state index contributed by atoms with van der Waals surface area (Å²) in [5, 5.41) is 4.33. The van der Waals surface area contributed by atoms with Gasteiger partial charge < -0.3 is 10.1 Å². The van der Waals surface area contributed by atoms with Crippen molar-refractivity contribution >= 4 is 22.9 Å². The second kappa shape index (κ2) is 7.36. The van der Waals surface area contributed by atoms with Crippen molar-refractivity contribution in [1.29, 1.82) is 0 Å². The maximum Gasteiger partial charge on any atom is 0.119 e. The number of rotatable bonds is 7. The molecule has 0 bridgehead atoms. The van der Waals surface area contributed by atoms with Crippen LogP contribution in [0.2, 0.25) is 4.34 Å². The van der Waals surface area contributed by atoms with Crippen molar-refractivity contribution in [3.05, 3.63) is 45.9 Å². The van der Waals surface area contributed by atoms with E-state index >= 15 is 0 Å². The van der Waals surface area contributed by atoms with Crippen LogP contribution in [0.25, 0.3) is 0 Å². The summed E-state index contributed by atoms with van der Waals surface area (Å²) in [4.78, 5) is 4.17. The Hall–Kier alpha value is -1.10. The number of halogens is 1. The van der Waals surface area contributed by atoms with E-state index in [9.17, 15) is 0 Å². The van der Waals surface area contributed by atoms with Crippen LogP contribution in [0.15, 0.2) is 36.5 Å². The quantitative estimate of drug-likeness (QED) is 0.791. The van der Waals surface area contributed by atoms with Crippen LogP contribution in [0.1, 0.15) is 11.4 Å². The number of nitrogens with zero attached hydrogens (tertiary/aromatic N) is 1. The third kappa shape index (κ3) is 4.64. The van der Waals surface area contributed by atoms with Gasteiger partial charge in [0, 0.05) is 6.54 Å². The van der Waals surface area contributed by atoms with E-state index in [1.807, 2.05) is 30.3 Å². The first-order valence-corrected chi connectivity index (χ1v) is 7.03. The summed E-state index contributed by atoms with van der Waals surface area (Å²) in [5.74, 6) is 0.921. The van der Waals surface area contributed by atoms with E-state index in [2.05, 4.69) is 10.3 Å². The Labute approximate surface area is 116 Å². The number of hydrogen-bond acceptors (Lipinski definition) is 4. The summed E-state index contributed by atoms with van der Waals surface area (Å²) < 4.78 is 6.32. The van der Waals surface area contributed by atoms with Crippen LogP contribution in [0.3, 0.4) is 0 Å². The van der Waals surface area contributed by atoms with Gasteiger partial charge in [-0.2, -0.15) is 0 Å². The lowest BCUT2D eigenvalue weighted by Gasteiger charge is -2.06. The zero-order valence-corrected chi connectivity index (χ0v) is 11.5. The summed E-state index contributed by atoms with van der Waals surface area (Å²) in [7, 11) is 0. The van der Waals surface area contributed by atoms with Crippen LogP contribution in [-0.2, 0) is 6.54 Å². The first-order chi connectivity index (χ1) is 8.84. The van der Waals surface area contributed by atoms with Gasteiger partial charge in [-0.25, -0.2) is 4.98 Å². The van der Waals surface area contributed by atoms with Gasteiger partial charge in [-0.1, -0.05) is 29.8 Å². The SMILES string of the molecule is Clc1cnc(CNCCCOc2ccccc2)s1. The minimum atomic E-state index is 0.718. The molecule has 0 aliphatic heterocycles. The molecule has 1 N–H and O–H groups in total. The van der Waals surface area contributed by atoms with Crippen molar-refractivity contribution in [2.75, 3.05) is 13.2 Å². The molecule has 0 fully saturated rings. The molecule has 0 aliphatic carbocycles. The third-order valence-electron chi connectivity index (χ3n) is 2.31. The third-order valence-corrected chi connectivity index (χ3v) is 3.43. The molecular weight excluding hydrogens is 268 g/mol. The van der Waals surface area contributed by atoms with Crippen molar-refractivity contribution in [2.45, 2.75) is 13.0 Å². The molecule has 0 saturated heterocycles. The fourth-order valence-electron chi connectivity index (χ4n) is 1.47. The predicted molar refractivity (Wildman–Crippen MR) is 75.4 cm³/mol. The molecule has 0 radical (unpaired) electrons. The Morgan fingerprint density at radius 3 is 2.83 bits per heavy atom. The number of para-hydroxylation sites is 1. The normalized spacial score (nSPS) is 10.5. The van der Waals surface area contributed by atoms with E-state index in [4.69, 9.17) is 16.3 Å². The Morgan fingerprint density at radius 1 is 1.28 bits per heavy atom. The molecule has 2 aromatic rings. The summed E-state index contributed by atoms with van der Waals surface area (Å²) in [6.07, 6.45) is 2.65. The highest BCUT2D eigenvalue weighted by atomic mass is 35.5. The van der Waals surface area contributed by atoms with Gasteiger partial charge in [-0.3, -0.25) is 0 Å². The standard InChI is InChI=1S/C13H15ClN2OS/c14-12-9-16-13(18-12)10-15-7-4-8-17-11-5-2-1-3-6-11/h1-3,5-6,9,15H,4,7-8,10H2. The molecule has 96 valence electrons. The molecule has 1 aromatic heterocycles. The smallest absolute Gasteiger partial charge is 0.119 e. The summed E-state index contributed by atoms with van der Waals surface area (Å²) in [6.45, 7) is 2.39. The lowest BCUT2D eigenvalue weighted by Crippen LogP contribution is -2.16. The van der Waals surface area contributed by atoms with E-state index in [1.54, 1.807) is 6.20 Å². The molecule has 0 amide bonds. The fourth-order valence-corrected chi connectivity index (χ4v) is 2.40. The van der Waals surface area contributed by atoms with E-state index in [0.717, 1.165) is 41.2 Å². The molecule has 0 spiro atoms. The first-order valence-electron chi connectivity index (χ1n) is 5.83. The Balaban J connectivity index is 1.54. The van der Waals surface area contributed by atoms with Gasteiger partial charge in [0.05, 0.1) is 12.8 Å². The topological polar surface area (TPSA) is 34.2 Å². The lowest BCUT2D eigenvalue weighted by molar-refractivity contribution is 0.308. The van der Waals surface area contributed by atoms with Crippen LogP contribution in [0.4, 0.5) is 0 Å². The largest absolute Gasteiger partial charge is 0.494 e. The van der Waals surface area contributed by atoms with Gasteiger partial charge in [0.2, 0.25) is 0 Å². The summed E-state index contributed by atoms with van der Waals surface area (Å²) >= 11 is 7.31. The Morgan fingerprint density at radius 2 is 2.11 bits per heavy atom. The van der Waals surface area contributed by atoms with Gasteiger partial charge in [0.1, 0.15) is 15.1 Å². The molecule has 0 saturated carbocycles. The number of thiazole rings is 1. The highest BCUT2D eigenvalue weighted by Crippen LogP contribution is 2.17. The first kappa shape index (κ1) is 13.3. The Kier molecular flexibility index (Phi) is 5.45. The second-order valence-corrected chi connectivity index (χ2v) is 5.50. The van der Waals surface area contributed by atoms with E-state index in [0.29, 0.717) is 0 Å². The molecule has 3 nitrogen and oxygen atoms in total. The second-order valence-electron chi connectivity index (χ2n) is 3.75. The molecule has 0 atom stereocenters. The molecule has 1 aromatic carbocycles. The molecule has 5 heteroatoms. The van der Waals surface area contributed by atoms with Crippen LogP contribution >= 0.6 is 22.9 Å². The molecule has 0 unspecified atom stereocenters. The van der Waals surface area contributed by atoms with Crippen molar-refractivity contribution in [2.24, 2.45) is 0 Å². The predicted octanol–water partition coefficient (Wildman–Crippen LogP) is 3.36. The number of benzene rings is 1. The summed E-state index contributed by atoms with van der Waals surface area (Å²) in [5.41, 5.74) is 0. The highest BCUT2D eigenvalue weighted by Gasteiger charge is 1.98. The molecule has 0 aliphatic rings. The highest BCUT2D eigenvalue weighted by molar-refractivity contribution is 7.15. The van der Waals surface area contributed by atoms with Crippen molar-refractivity contribution in [3.63, 3.8) is 0 Å². The number of nitrogens with one attached hydrogen (secondary N) is 1. The molecular formula is C13H15ClN2OS.